The minimum atomic E-state index is -5.62. The van der Waals surface area contributed by atoms with E-state index in [2.05, 4.69) is 15.2 Å². The van der Waals surface area contributed by atoms with Gasteiger partial charge in [-0.2, -0.15) is 22.0 Å². The maximum absolute atomic E-state index is 13.8. The molecule has 2 aromatic carbocycles. The van der Waals surface area contributed by atoms with Gasteiger partial charge in [-0.05, 0) is 55.0 Å². The minimum Gasteiger partial charge on any atom is -0.347 e. The average Bonchev–Trinajstić information content (AvgIpc) is 2.91. The SMILES string of the molecule is O=C(NC1(CCN2CCc3cc(C(F)(F)C(F)(F)F)ccc3C2)CCCCC1)c1ccnc2ccccc12. The van der Waals surface area contributed by atoms with Crippen LogP contribution in [0.4, 0.5) is 22.0 Å². The third-order valence-electron chi connectivity index (χ3n) is 8.01. The number of hydrogen-bond donors (Lipinski definition) is 1. The van der Waals surface area contributed by atoms with Gasteiger partial charge >= 0.3 is 12.1 Å². The zero-order valence-corrected chi connectivity index (χ0v) is 21.0. The number of carbonyl (C=O) groups is 1. The van der Waals surface area contributed by atoms with E-state index < -0.39 is 17.7 Å². The molecule has 1 saturated carbocycles. The van der Waals surface area contributed by atoms with Crippen LogP contribution in [0, 0.1) is 0 Å². The second-order valence-electron chi connectivity index (χ2n) is 10.5. The molecule has 4 nitrogen and oxygen atoms in total. The number of alkyl halides is 5. The van der Waals surface area contributed by atoms with Crippen LogP contribution in [0.25, 0.3) is 10.9 Å². The van der Waals surface area contributed by atoms with Crippen molar-refractivity contribution in [3.8, 4) is 0 Å². The van der Waals surface area contributed by atoms with Gasteiger partial charge in [0, 0.05) is 42.3 Å². The fourth-order valence-electron chi connectivity index (χ4n) is 5.80. The number of nitrogens with one attached hydrogen (secondary N) is 1. The van der Waals surface area contributed by atoms with Crippen molar-refractivity contribution in [3.63, 3.8) is 0 Å². The van der Waals surface area contributed by atoms with Crippen molar-refractivity contribution in [2.75, 3.05) is 13.1 Å². The summed E-state index contributed by atoms with van der Waals surface area (Å²) in [7, 11) is 0. The Morgan fingerprint density at radius 3 is 2.50 bits per heavy atom. The van der Waals surface area contributed by atoms with Crippen molar-refractivity contribution in [1.82, 2.24) is 15.2 Å². The molecule has 1 amide bonds. The van der Waals surface area contributed by atoms with E-state index in [1.807, 2.05) is 24.3 Å². The molecule has 2 heterocycles. The lowest BCUT2D eigenvalue weighted by molar-refractivity contribution is -0.289. The number of nitrogens with zero attached hydrogens (tertiary/aromatic N) is 2. The molecule has 0 radical (unpaired) electrons. The highest BCUT2D eigenvalue weighted by Gasteiger charge is 2.58. The van der Waals surface area contributed by atoms with Gasteiger partial charge in [0.05, 0.1) is 11.1 Å². The second-order valence-corrected chi connectivity index (χ2v) is 10.5. The van der Waals surface area contributed by atoms with Gasteiger partial charge in [0.1, 0.15) is 0 Å². The van der Waals surface area contributed by atoms with E-state index in [-0.39, 0.29) is 11.4 Å². The summed E-state index contributed by atoms with van der Waals surface area (Å²) in [5, 5.41) is 4.16. The van der Waals surface area contributed by atoms with E-state index >= 15 is 0 Å². The summed E-state index contributed by atoms with van der Waals surface area (Å²) in [5.74, 6) is -4.99. The average molecular weight is 532 g/mol. The van der Waals surface area contributed by atoms with E-state index in [0.29, 0.717) is 37.2 Å². The van der Waals surface area contributed by atoms with Gasteiger partial charge in [0.25, 0.3) is 5.91 Å². The van der Waals surface area contributed by atoms with Crippen molar-refractivity contribution < 1.29 is 26.7 Å². The Bertz CT molecular complexity index is 1310. The molecular weight excluding hydrogens is 501 g/mol. The number of fused-ring (bicyclic) bond motifs is 2. The highest BCUT2D eigenvalue weighted by molar-refractivity contribution is 6.06. The van der Waals surface area contributed by atoms with E-state index in [1.165, 1.54) is 6.07 Å². The zero-order valence-electron chi connectivity index (χ0n) is 21.0. The van der Waals surface area contributed by atoms with E-state index in [4.69, 9.17) is 0 Å². The largest absolute Gasteiger partial charge is 0.458 e. The Balaban J connectivity index is 1.28. The smallest absolute Gasteiger partial charge is 0.347 e. The molecule has 0 spiro atoms. The van der Waals surface area contributed by atoms with Crippen molar-refractivity contribution in [3.05, 3.63) is 77.0 Å². The fourth-order valence-corrected chi connectivity index (χ4v) is 5.80. The highest BCUT2D eigenvalue weighted by Crippen LogP contribution is 2.44. The topological polar surface area (TPSA) is 45.2 Å². The quantitative estimate of drug-likeness (QED) is 0.357. The summed E-state index contributed by atoms with van der Waals surface area (Å²) in [6.07, 6.45) is 2.09. The third-order valence-corrected chi connectivity index (χ3v) is 8.01. The summed E-state index contributed by atoms with van der Waals surface area (Å²) in [6, 6.07) is 12.6. The van der Waals surface area contributed by atoms with Gasteiger partial charge in [0.2, 0.25) is 0 Å². The molecule has 5 rings (SSSR count). The Hall–Kier alpha value is -3.07. The number of hydrogen-bond acceptors (Lipinski definition) is 3. The first kappa shape index (κ1) is 26.5. The van der Waals surface area contributed by atoms with Crippen molar-refractivity contribution in [2.24, 2.45) is 0 Å². The molecule has 1 aliphatic carbocycles. The first-order valence-electron chi connectivity index (χ1n) is 13.0. The standard InChI is InChI=1S/C29H30F5N3O/c30-28(31,29(32,33)34)22-9-8-21-19-37(16-11-20(21)18-22)17-14-27(12-4-1-5-13-27)36-26(38)24-10-15-35-25-7-3-2-6-23(24)25/h2-3,6-10,15,18H,1,4-5,11-14,16-17,19H2,(H,36,38). The lowest BCUT2D eigenvalue weighted by atomic mass is 9.78. The van der Waals surface area contributed by atoms with E-state index in [1.54, 1.807) is 12.3 Å². The summed E-state index contributed by atoms with van der Waals surface area (Å²) in [6.45, 7) is 1.73. The number of benzene rings is 2. The monoisotopic (exact) mass is 531 g/mol. The predicted molar refractivity (Wildman–Crippen MR) is 135 cm³/mol. The van der Waals surface area contributed by atoms with Gasteiger partial charge in [0.15, 0.2) is 0 Å². The van der Waals surface area contributed by atoms with Crippen molar-refractivity contribution in [1.29, 1.82) is 0 Å². The molecule has 202 valence electrons. The van der Waals surface area contributed by atoms with Crippen molar-refractivity contribution >= 4 is 16.8 Å². The number of carbonyl (C=O) groups excluding carboxylic acids is 1. The van der Waals surface area contributed by atoms with E-state index in [9.17, 15) is 26.7 Å². The molecule has 38 heavy (non-hydrogen) atoms. The number of pyridine rings is 1. The number of halogens is 5. The Morgan fingerprint density at radius 2 is 1.74 bits per heavy atom. The molecule has 0 saturated heterocycles. The highest BCUT2D eigenvalue weighted by atomic mass is 19.4. The molecule has 0 atom stereocenters. The normalized spacial score (nSPS) is 18.2. The lowest BCUT2D eigenvalue weighted by Crippen LogP contribution is -2.51. The molecule has 2 aliphatic rings. The lowest BCUT2D eigenvalue weighted by Gasteiger charge is -2.40. The second kappa shape index (κ2) is 10.2. The molecule has 1 aromatic heterocycles. The van der Waals surface area contributed by atoms with Crippen LogP contribution < -0.4 is 5.32 Å². The Kier molecular flexibility index (Phi) is 7.15. The fraction of sp³-hybridized carbons (Fsp3) is 0.448. The summed E-state index contributed by atoms with van der Waals surface area (Å²) in [5.41, 5.74) is 1.30. The van der Waals surface area contributed by atoms with Crippen LogP contribution in [0.3, 0.4) is 0 Å². The van der Waals surface area contributed by atoms with Crippen LogP contribution in [0.15, 0.2) is 54.7 Å². The van der Waals surface area contributed by atoms with E-state index in [0.717, 1.165) is 67.1 Å². The van der Waals surface area contributed by atoms with Crippen LogP contribution in [0.5, 0.6) is 0 Å². The molecule has 0 unspecified atom stereocenters. The van der Waals surface area contributed by atoms with Gasteiger partial charge in [-0.1, -0.05) is 49.6 Å². The number of amides is 1. The van der Waals surface area contributed by atoms with Gasteiger partial charge in [-0.25, -0.2) is 0 Å². The summed E-state index contributed by atoms with van der Waals surface area (Å²) >= 11 is 0. The maximum Gasteiger partial charge on any atom is 0.458 e. The number of aromatic nitrogens is 1. The zero-order chi connectivity index (χ0) is 27.0. The van der Waals surface area contributed by atoms with Crippen LogP contribution in [0.2, 0.25) is 0 Å². The summed E-state index contributed by atoms with van der Waals surface area (Å²) < 4.78 is 66.1. The number of para-hydroxylation sites is 1. The Labute approximate surface area is 218 Å². The van der Waals surface area contributed by atoms with Crippen LogP contribution in [-0.4, -0.2) is 40.6 Å². The minimum absolute atomic E-state index is 0.118. The maximum atomic E-state index is 13.8. The molecule has 1 N–H and O–H groups in total. The van der Waals surface area contributed by atoms with Crippen LogP contribution in [0.1, 0.15) is 65.6 Å². The Morgan fingerprint density at radius 1 is 0.974 bits per heavy atom. The molecule has 0 bridgehead atoms. The van der Waals surface area contributed by atoms with Crippen LogP contribution >= 0.6 is 0 Å². The summed E-state index contributed by atoms with van der Waals surface area (Å²) in [4.78, 5) is 20.0. The van der Waals surface area contributed by atoms with Gasteiger partial charge in [-0.15, -0.1) is 0 Å². The van der Waals surface area contributed by atoms with Crippen LogP contribution in [-0.2, 0) is 18.9 Å². The molecular formula is C29H30F5N3O. The van der Waals surface area contributed by atoms with Crippen molar-refractivity contribution in [2.45, 2.75) is 69.1 Å². The first-order chi connectivity index (χ1) is 18.1. The molecule has 1 fully saturated rings. The third kappa shape index (κ3) is 5.25. The molecule has 9 heteroatoms. The number of rotatable bonds is 6. The van der Waals surface area contributed by atoms with Gasteiger partial charge < -0.3 is 5.32 Å². The molecule has 1 aliphatic heterocycles. The predicted octanol–water partition coefficient (Wildman–Crippen LogP) is 6.77. The van der Waals surface area contributed by atoms with Gasteiger partial charge in [-0.3, -0.25) is 14.7 Å². The molecule has 3 aromatic rings. The first-order valence-corrected chi connectivity index (χ1v) is 13.0.